The molecule has 0 aliphatic heterocycles. The van der Waals surface area contributed by atoms with Gasteiger partial charge in [-0.2, -0.15) is 0 Å². The van der Waals surface area contributed by atoms with E-state index in [1.54, 1.807) is 0 Å². The Labute approximate surface area is 104 Å². The van der Waals surface area contributed by atoms with Crippen molar-refractivity contribution < 1.29 is 4.74 Å². The normalized spacial score (nSPS) is 10.1. The maximum Gasteiger partial charge on any atom is 0.295 e. The molecule has 0 spiro atoms. The number of ether oxygens (including phenoxy) is 1. The molecule has 0 fully saturated rings. The van der Waals surface area contributed by atoms with Crippen LogP contribution in [0, 0.1) is 0 Å². The van der Waals surface area contributed by atoms with E-state index in [0.29, 0.717) is 18.1 Å². The van der Waals surface area contributed by atoms with Crippen molar-refractivity contribution in [1.29, 1.82) is 0 Å². The Bertz CT molecular complexity index is 595. The van der Waals surface area contributed by atoms with Gasteiger partial charge in [0.15, 0.2) is 5.82 Å². The summed E-state index contributed by atoms with van der Waals surface area (Å²) in [5, 5.41) is 3.04. The average Bonchev–Trinajstić information content (AvgIpc) is 2.36. The zero-order valence-corrected chi connectivity index (χ0v) is 9.93. The molecule has 0 radical (unpaired) electrons. The molecule has 0 bridgehead atoms. The predicted molar refractivity (Wildman–Crippen MR) is 69.6 cm³/mol. The second-order valence-electron chi connectivity index (χ2n) is 3.71. The number of rotatable bonds is 4. The van der Waals surface area contributed by atoms with E-state index in [0.717, 1.165) is 5.56 Å². The van der Waals surface area contributed by atoms with Gasteiger partial charge in [-0.1, -0.05) is 12.1 Å². The molecule has 6 nitrogen and oxygen atoms in total. The molecular weight excluding hydrogens is 232 g/mol. The Morgan fingerprint density at radius 3 is 3.06 bits per heavy atom. The highest BCUT2D eigenvalue weighted by Gasteiger charge is 2.07. The average molecular weight is 246 g/mol. The summed E-state index contributed by atoms with van der Waals surface area (Å²) in [7, 11) is 1.43. The lowest BCUT2D eigenvalue weighted by atomic mass is 10.2. The fourth-order valence-corrected chi connectivity index (χ4v) is 1.59. The maximum absolute atomic E-state index is 11.5. The predicted octanol–water partition coefficient (Wildman–Crippen LogP) is 0.973. The van der Waals surface area contributed by atoms with Gasteiger partial charge in [-0.3, -0.25) is 4.79 Å². The van der Waals surface area contributed by atoms with Crippen LogP contribution in [0.5, 0.6) is 5.75 Å². The van der Waals surface area contributed by atoms with Crippen molar-refractivity contribution in [2.45, 2.75) is 6.54 Å². The molecule has 1 heterocycles. The number of nitrogen functional groups attached to an aromatic ring is 1. The largest absolute Gasteiger partial charge is 0.489 e. The van der Waals surface area contributed by atoms with Gasteiger partial charge in [-0.25, -0.2) is 4.98 Å². The number of hydrogen-bond acceptors (Lipinski definition) is 5. The highest BCUT2D eigenvalue weighted by atomic mass is 16.5. The molecule has 0 saturated heterocycles. The highest BCUT2D eigenvalue weighted by molar-refractivity contribution is 5.49. The van der Waals surface area contributed by atoms with Gasteiger partial charge in [-0.05, 0) is 17.7 Å². The minimum absolute atomic E-state index is 0.168. The summed E-state index contributed by atoms with van der Waals surface area (Å²) in [6.45, 7) is 0.512. The lowest BCUT2D eigenvalue weighted by Gasteiger charge is -2.09. The van der Waals surface area contributed by atoms with Crippen LogP contribution in [0.15, 0.2) is 35.4 Å². The van der Waals surface area contributed by atoms with Crippen LogP contribution in [0.2, 0.25) is 0 Å². The number of hydrogen-bond donors (Lipinski definition) is 3. The fourth-order valence-electron chi connectivity index (χ4n) is 1.59. The Morgan fingerprint density at radius 2 is 2.33 bits per heavy atom. The molecule has 0 aliphatic rings. The number of aromatic amines is 1. The number of nitrogens with zero attached hydrogens (tertiary/aromatic N) is 1. The Hall–Kier alpha value is -2.50. The number of aromatic nitrogens is 2. The molecule has 1 aromatic carbocycles. The molecule has 0 amide bonds. The Morgan fingerprint density at radius 1 is 1.50 bits per heavy atom. The minimum Gasteiger partial charge on any atom is -0.489 e. The van der Waals surface area contributed by atoms with Crippen molar-refractivity contribution in [3.63, 3.8) is 0 Å². The molecule has 0 unspecified atom stereocenters. The third kappa shape index (κ3) is 2.60. The molecule has 94 valence electrons. The first kappa shape index (κ1) is 12.0. The van der Waals surface area contributed by atoms with Crippen molar-refractivity contribution in [2.24, 2.45) is 0 Å². The van der Waals surface area contributed by atoms with Crippen molar-refractivity contribution in [1.82, 2.24) is 9.97 Å². The first-order valence-electron chi connectivity index (χ1n) is 5.40. The van der Waals surface area contributed by atoms with Gasteiger partial charge in [0.1, 0.15) is 0 Å². The van der Waals surface area contributed by atoms with Crippen LogP contribution in [-0.4, -0.2) is 17.1 Å². The third-order valence-electron chi connectivity index (χ3n) is 2.43. The molecule has 6 heteroatoms. The topological polar surface area (TPSA) is 93.0 Å². The van der Waals surface area contributed by atoms with Crippen molar-refractivity contribution >= 4 is 11.5 Å². The summed E-state index contributed by atoms with van der Waals surface area (Å²) in [6.07, 6.45) is 1.33. The molecular formula is C12H14N4O2. The SMILES string of the molecule is COc1c(NCc2cccc(N)c2)nc[nH]c1=O. The van der Waals surface area contributed by atoms with Gasteiger partial charge in [0, 0.05) is 12.2 Å². The zero-order valence-electron chi connectivity index (χ0n) is 9.93. The number of nitrogens with two attached hydrogens (primary N) is 1. The first-order chi connectivity index (χ1) is 8.70. The van der Waals surface area contributed by atoms with Crippen LogP contribution in [0.4, 0.5) is 11.5 Å². The molecule has 18 heavy (non-hydrogen) atoms. The van der Waals surface area contributed by atoms with Gasteiger partial charge in [-0.15, -0.1) is 0 Å². The van der Waals surface area contributed by atoms with Gasteiger partial charge in [0.2, 0.25) is 5.75 Å². The molecule has 1 aromatic heterocycles. The molecule has 4 N–H and O–H groups in total. The molecule has 0 atom stereocenters. The van der Waals surface area contributed by atoms with E-state index >= 15 is 0 Å². The van der Waals surface area contributed by atoms with Gasteiger partial charge in [0.25, 0.3) is 5.56 Å². The van der Waals surface area contributed by atoms with E-state index < -0.39 is 0 Å². The Kier molecular flexibility index (Phi) is 3.47. The number of nitrogens with one attached hydrogen (secondary N) is 2. The van der Waals surface area contributed by atoms with E-state index in [1.165, 1.54) is 13.4 Å². The standard InChI is InChI=1S/C12H14N4O2/c1-18-10-11(15-7-16-12(10)17)14-6-8-3-2-4-9(13)5-8/h2-5,7H,6,13H2,1H3,(H2,14,15,16,17). The number of benzene rings is 1. The van der Waals surface area contributed by atoms with E-state index in [4.69, 9.17) is 10.5 Å². The van der Waals surface area contributed by atoms with Crippen molar-refractivity contribution in [3.05, 3.63) is 46.5 Å². The smallest absolute Gasteiger partial charge is 0.295 e. The van der Waals surface area contributed by atoms with E-state index in [9.17, 15) is 4.79 Å². The zero-order chi connectivity index (χ0) is 13.0. The second kappa shape index (κ2) is 5.22. The number of H-pyrrole nitrogens is 1. The monoisotopic (exact) mass is 246 g/mol. The van der Waals surface area contributed by atoms with Crippen LogP contribution in [0.25, 0.3) is 0 Å². The van der Waals surface area contributed by atoms with Crippen LogP contribution >= 0.6 is 0 Å². The summed E-state index contributed by atoms with van der Waals surface area (Å²) in [5.41, 5.74) is 7.06. The molecule has 2 aromatic rings. The summed E-state index contributed by atoms with van der Waals surface area (Å²) in [4.78, 5) is 17.9. The van der Waals surface area contributed by atoms with Crippen molar-refractivity contribution in [2.75, 3.05) is 18.2 Å². The summed E-state index contributed by atoms with van der Waals surface area (Å²) >= 11 is 0. The second-order valence-corrected chi connectivity index (χ2v) is 3.71. The van der Waals surface area contributed by atoms with E-state index in [-0.39, 0.29) is 11.3 Å². The quantitative estimate of drug-likeness (QED) is 0.699. The third-order valence-corrected chi connectivity index (χ3v) is 2.43. The van der Waals surface area contributed by atoms with Crippen LogP contribution in [-0.2, 0) is 6.54 Å². The first-order valence-corrected chi connectivity index (χ1v) is 5.40. The van der Waals surface area contributed by atoms with E-state index in [2.05, 4.69) is 15.3 Å². The van der Waals surface area contributed by atoms with Crippen molar-refractivity contribution in [3.8, 4) is 5.75 Å². The van der Waals surface area contributed by atoms with Crippen LogP contribution in [0.1, 0.15) is 5.56 Å². The van der Waals surface area contributed by atoms with E-state index in [1.807, 2.05) is 24.3 Å². The van der Waals surface area contributed by atoms with Crippen LogP contribution in [0.3, 0.4) is 0 Å². The van der Waals surface area contributed by atoms with Gasteiger partial charge < -0.3 is 20.8 Å². The van der Waals surface area contributed by atoms with Crippen LogP contribution < -0.4 is 21.3 Å². The summed E-state index contributed by atoms with van der Waals surface area (Å²) in [6, 6.07) is 7.47. The Balaban J connectivity index is 2.16. The molecule has 0 aliphatic carbocycles. The summed E-state index contributed by atoms with van der Waals surface area (Å²) in [5.74, 6) is 0.574. The highest BCUT2D eigenvalue weighted by Crippen LogP contribution is 2.16. The molecule has 0 saturated carbocycles. The summed E-state index contributed by atoms with van der Waals surface area (Å²) < 4.78 is 4.99. The number of anilines is 2. The minimum atomic E-state index is -0.317. The maximum atomic E-state index is 11.5. The lowest BCUT2D eigenvalue weighted by molar-refractivity contribution is 0.408. The van der Waals surface area contributed by atoms with Gasteiger partial charge >= 0.3 is 0 Å². The van der Waals surface area contributed by atoms with Gasteiger partial charge in [0.05, 0.1) is 13.4 Å². The fraction of sp³-hybridized carbons (Fsp3) is 0.167. The lowest BCUT2D eigenvalue weighted by Crippen LogP contribution is -2.14. The number of methoxy groups -OCH3 is 1. The molecule has 2 rings (SSSR count).